The van der Waals surface area contributed by atoms with E-state index in [4.69, 9.17) is 0 Å². The summed E-state index contributed by atoms with van der Waals surface area (Å²) in [6.07, 6.45) is 0. The first-order valence-corrected chi connectivity index (χ1v) is 21.4. The Morgan fingerprint density at radius 1 is 0.143 bits per heavy atom. The molecule has 0 atom stereocenters. The summed E-state index contributed by atoms with van der Waals surface area (Å²) in [4.78, 5) is 6.94. The van der Waals surface area contributed by atoms with Crippen LogP contribution in [0, 0.1) is 0 Å². The van der Waals surface area contributed by atoms with Crippen molar-refractivity contribution in [2.45, 2.75) is 0 Å². The zero-order valence-corrected chi connectivity index (χ0v) is 34.8. The van der Waals surface area contributed by atoms with Crippen molar-refractivity contribution in [3.63, 3.8) is 0 Å². The van der Waals surface area contributed by atoms with Crippen molar-refractivity contribution >= 4 is 51.2 Å². The maximum atomic E-state index is 2.34. The second-order valence-corrected chi connectivity index (χ2v) is 15.5. The van der Waals surface area contributed by atoms with Gasteiger partial charge in [0.25, 0.3) is 0 Å². The van der Waals surface area contributed by atoms with Gasteiger partial charge < -0.3 is 14.7 Å². The Labute approximate surface area is 370 Å². The van der Waals surface area contributed by atoms with E-state index >= 15 is 0 Å². The van der Waals surface area contributed by atoms with Gasteiger partial charge in [0.05, 0.1) is 0 Å². The second-order valence-electron chi connectivity index (χ2n) is 15.5. The number of anilines is 9. The first-order chi connectivity index (χ1) is 31.2. The number of nitrogens with zero attached hydrogens (tertiary/aromatic N) is 3. The fraction of sp³-hybridized carbons (Fsp3) is 0. The number of hydrogen-bond acceptors (Lipinski definition) is 3. The molecule has 3 nitrogen and oxygen atoms in total. The molecule has 0 aliphatic rings. The van der Waals surface area contributed by atoms with E-state index in [1.54, 1.807) is 0 Å². The summed E-state index contributed by atoms with van der Waals surface area (Å²) in [7, 11) is 0. The molecule has 0 saturated heterocycles. The summed E-state index contributed by atoms with van der Waals surface area (Å²) >= 11 is 0. The van der Waals surface area contributed by atoms with E-state index in [1.165, 1.54) is 0 Å². The van der Waals surface area contributed by atoms with Gasteiger partial charge in [-0.3, -0.25) is 0 Å². The maximum absolute atomic E-state index is 2.34. The number of hydrogen-bond donors (Lipinski definition) is 0. The van der Waals surface area contributed by atoms with Crippen molar-refractivity contribution < 1.29 is 0 Å². The summed E-state index contributed by atoms with van der Waals surface area (Å²) in [5.74, 6) is 0. The molecule has 0 heterocycles. The quantitative estimate of drug-likeness (QED) is 0.122. The van der Waals surface area contributed by atoms with Crippen LogP contribution in [0.2, 0.25) is 0 Å². The molecule has 3 heteroatoms. The lowest BCUT2D eigenvalue weighted by atomic mass is 9.98. The Hall–Kier alpha value is -8.40. The molecule has 0 spiro atoms. The highest BCUT2D eigenvalue weighted by molar-refractivity contribution is 5.85. The molecule has 0 aromatic heterocycles. The number of benzene rings is 10. The standard InChI is InChI=1S/C60H45N3/c1-6-23-52(24-7-1)61(53-25-8-2-9-26-53)57-39-35-46(36-40-57)47-37-41-58(42-38-47)63(56-31-14-5-15-32-56)60-34-18-22-51(45-60)49-20-16-19-48(43-49)50-21-17-33-59(44-50)62(54-27-10-3-11-28-54)55-29-12-4-13-30-55/h1-45H. The predicted octanol–water partition coefficient (Wildman–Crippen LogP) is 17.1. The molecule has 63 heavy (non-hydrogen) atoms. The topological polar surface area (TPSA) is 9.72 Å². The van der Waals surface area contributed by atoms with Crippen LogP contribution in [0.1, 0.15) is 0 Å². The van der Waals surface area contributed by atoms with Crippen LogP contribution in [0.4, 0.5) is 51.2 Å². The predicted molar refractivity (Wildman–Crippen MR) is 267 cm³/mol. The molecule has 0 unspecified atom stereocenters. The Kier molecular flexibility index (Phi) is 11.1. The highest BCUT2D eigenvalue weighted by Crippen LogP contribution is 2.41. The van der Waals surface area contributed by atoms with Crippen LogP contribution in [0.25, 0.3) is 33.4 Å². The van der Waals surface area contributed by atoms with Gasteiger partial charge in [-0.05, 0) is 149 Å². The van der Waals surface area contributed by atoms with Crippen molar-refractivity contribution in [1.29, 1.82) is 0 Å². The van der Waals surface area contributed by atoms with Crippen LogP contribution in [0.15, 0.2) is 273 Å². The normalized spacial score (nSPS) is 10.9. The van der Waals surface area contributed by atoms with Crippen molar-refractivity contribution in [2.24, 2.45) is 0 Å². The molecule has 0 bridgehead atoms. The zero-order chi connectivity index (χ0) is 42.2. The molecule has 10 rings (SSSR count). The molecule has 0 saturated carbocycles. The van der Waals surface area contributed by atoms with Gasteiger partial charge in [0.15, 0.2) is 0 Å². The third-order valence-electron chi connectivity index (χ3n) is 11.4. The van der Waals surface area contributed by atoms with Gasteiger partial charge >= 0.3 is 0 Å². The van der Waals surface area contributed by atoms with Gasteiger partial charge in [0.1, 0.15) is 0 Å². The van der Waals surface area contributed by atoms with Crippen LogP contribution < -0.4 is 14.7 Å². The van der Waals surface area contributed by atoms with Crippen molar-refractivity contribution in [3.05, 3.63) is 273 Å². The monoisotopic (exact) mass is 807 g/mol. The molecule has 0 radical (unpaired) electrons. The molecule has 0 amide bonds. The van der Waals surface area contributed by atoms with E-state index in [-0.39, 0.29) is 0 Å². The van der Waals surface area contributed by atoms with Crippen LogP contribution >= 0.6 is 0 Å². The maximum Gasteiger partial charge on any atom is 0.0467 e. The highest BCUT2D eigenvalue weighted by atomic mass is 15.2. The lowest BCUT2D eigenvalue weighted by Crippen LogP contribution is -2.10. The van der Waals surface area contributed by atoms with Gasteiger partial charge in [0, 0.05) is 51.2 Å². The third kappa shape index (κ3) is 8.50. The van der Waals surface area contributed by atoms with E-state index in [0.29, 0.717) is 0 Å². The minimum absolute atomic E-state index is 1.09. The highest BCUT2D eigenvalue weighted by Gasteiger charge is 2.17. The largest absolute Gasteiger partial charge is 0.311 e. The zero-order valence-electron chi connectivity index (χ0n) is 34.8. The summed E-state index contributed by atoms with van der Waals surface area (Å²) in [6.45, 7) is 0. The Bertz CT molecular complexity index is 2950. The van der Waals surface area contributed by atoms with Gasteiger partial charge in [-0.1, -0.05) is 158 Å². The van der Waals surface area contributed by atoms with E-state index in [1.807, 2.05) is 0 Å². The van der Waals surface area contributed by atoms with Crippen molar-refractivity contribution in [1.82, 2.24) is 0 Å². The fourth-order valence-corrected chi connectivity index (χ4v) is 8.36. The summed E-state index contributed by atoms with van der Waals surface area (Å²) < 4.78 is 0. The Morgan fingerprint density at radius 3 is 0.667 bits per heavy atom. The average molecular weight is 808 g/mol. The van der Waals surface area contributed by atoms with E-state index in [0.717, 1.165) is 84.6 Å². The summed E-state index contributed by atoms with van der Waals surface area (Å²) in [5, 5.41) is 0. The van der Waals surface area contributed by atoms with Gasteiger partial charge in [-0.15, -0.1) is 0 Å². The molecule has 0 N–H and O–H groups in total. The van der Waals surface area contributed by atoms with Crippen LogP contribution in [0.5, 0.6) is 0 Å². The average Bonchev–Trinajstić information content (AvgIpc) is 3.37. The molecular weight excluding hydrogens is 763 g/mol. The number of rotatable bonds is 12. The number of para-hydroxylation sites is 5. The second kappa shape index (κ2) is 18.1. The third-order valence-corrected chi connectivity index (χ3v) is 11.4. The lowest BCUT2D eigenvalue weighted by molar-refractivity contribution is 1.28. The van der Waals surface area contributed by atoms with E-state index in [9.17, 15) is 0 Å². The molecule has 10 aromatic rings. The molecule has 0 aliphatic heterocycles. The van der Waals surface area contributed by atoms with Crippen LogP contribution in [-0.4, -0.2) is 0 Å². The van der Waals surface area contributed by atoms with Crippen LogP contribution in [-0.2, 0) is 0 Å². The van der Waals surface area contributed by atoms with Gasteiger partial charge in [-0.2, -0.15) is 0 Å². The summed E-state index contributed by atoms with van der Waals surface area (Å²) in [6, 6.07) is 97.1. The Balaban J connectivity index is 0.944. The first-order valence-electron chi connectivity index (χ1n) is 21.4. The minimum atomic E-state index is 1.09. The first kappa shape index (κ1) is 38.8. The molecule has 0 aliphatic carbocycles. The van der Waals surface area contributed by atoms with Crippen molar-refractivity contribution in [2.75, 3.05) is 14.7 Å². The smallest absolute Gasteiger partial charge is 0.0467 e. The molecule has 10 aromatic carbocycles. The van der Waals surface area contributed by atoms with E-state index in [2.05, 4.69) is 288 Å². The summed E-state index contributed by atoms with van der Waals surface area (Å²) in [5.41, 5.74) is 16.9. The van der Waals surface area contributed by atoms with Crippen molar-refractivity contribution in [3.8, 4) is 33.4 Å². The molecule has 0 fully saturated rings. The van der Waals surface area contributed by atoms with Gasteiger partial charge in [-0.25, -0.2) is 0 Å². The van der Waals surface area contributed by atoms with E-state index < -0.39 is 0 Å². The SMILES string of the molecule is c1ccc(N(c2ccccc2)c2ccc(-c3ccc(N(c4ccccc4)c4cccc(-c5cccc(-c6cccc(N(c7ccccc7)c7ccccc7)c6)c5)c4)cc3)cc2)cc1. The van der Waals surface area contributed by atoms with Gasteiger partial charge in [0.2, 0.25) is 0 Å². The minimum Gasteiger partial charge on any atom is -0.311 e. The fourth-order valence-electron chi connectivity index (χ4n) is 8.36. The Morgan fingerprint density at radius 2 is 0.365 bits per heavy atom. The molecular formula is C60H45N3. The lowest BCUT2D eigenvalue weighted by Gasteiger charge is -2.26. The molecule has 300 valence electrons. The van der Waals surface area contributed by atoms with Crippen LogP contribution in [0.3, 0.4) is 0 Å².